The lowest BCUT2D eigenvalue weighted by atomic mass is 9.64. The summed E-state index contributed by atoms with van der Waals surface area (Å²) in [5, 5.41) is 8.57. The van der Waals surface area contributed by atoms with Gasteiger partial charge in [-0.2, -0.15) is 0 Å². The summed E-state index contributed by atoms with van der Waals surface area (Å²) in [4.78, 5) is 19.0. The van der Waals surface area contributed by atoms with Crippen molar-refractivity contribution >= 4 is 11.6 Å². The van der Waals surface area contributed by atoms with Gasteiger partial charge in [-0.1, -0.05) is 401 Å². The molecule has 6 nitrogen and oxygen atoms in total. The van der Waals surface area contributed by atoms with Crippen molar-refractivity contribution < 1.29 is 4.79 Å². The van der Waals surface area contributed by atoms with Gasteiger partial charge in [0, 0.05) is 46.6 Å². The van der Waals surface area contributed by atoms with Crippen molar-refractivity contribution in [2.75, 3.05) is 6.54 Å². The smallest absolute Gasteiger partial charge is 0.254 e. The summed E-state index contributed by atoms with van der Waals surface area (Å²) in [5.41, 5.74) is 23.3. The molecule has 0 spiro atoms. The molecule has 0 radical (unpaired) electrons. The standard InChI is InChI=1S/C17H25NO.C14H21N3.2C14H28.2C14H26.C14H22.C13H21N.C9H12/c1-16(2,3)13-7-8-14-12(11-13)9-10-18(15(14)19)17(4,5)6;1-13(2,3)10-7-8-17-11(9-10)15-16-12(17)14(4,5)6;5*1-13(2,3)11-7-9-12(10-8-11)14(4,5)6;1-12(2,3)10-7-8-11(14-9-10)13(4,5)6;1-7-4-5-8(2)9(3)6-7/h7-8,11H,9-10H2,1-6H3;7-9H,1-6H3;2*11-12H,7-10H2,1-6H3;2*7,12H,8-10H2,1-6H3;7-10H,1-6H3;7-9H,1-6H3;4-6H,1-3H3/t;;;;2*12-;;;/m....10.../s1. The number of pyridine rings is 2. The lowest BCUT2D eigenvalue weighted by Gasteiger charge is -2.41. The molecule has 2 saturated carbocycles. The Bertz CT molecular complexity index is 4130. The van der Waals surface area contributed by atoms with Gasteiger partial charge in [0.15, 0.2) is 5.65 Å². The van der Waals surface area contributed by atoms with E-state index in [0.29, 0.717) is 43.3 Å². The number of nitrogens with zero attached hydrogens (tertiary/aromatic N) is 5. The van der Waals surface area contributed by atoms with Gasteiger partial charge in [-0.15, -0.1) is 10.2 Å². The Labute approximate surface area is 801 Å². The molecule has 0 saturated heterocycles. The molecular weight excluding hydrogens is 1560 g/mol. The third-order valence-corrected chi connectivity index (χ3v) is 29.0. The maximum Gasteiger partial charge on any atom is 0.254 e. The van der Waals surface area contributed by atoms with E-state index in [9.17, 15) is 4.79 Å². The van der Waals surface area contributed by atoms with Gasteiger partial charge in [0.25, 0.3) is 5.91 Å². The zero-order valence-electron chi connectivity index (χ0n) is 94.8. The monoisotopic (exact) mass is 1770 g/mol. The average molecular weight is 1770 g/mol. The third-order valence-electron chi connectivity index (χ3n) is 29.0. The molecular formula is C123H209N5O. The van der Waals surface area contributed by atoms with E-state index in [-0.39, 0.29) is 49.4 Å². The zero-order chi connectivity index (χ0) is 100. The molecule has 732 valence electrons. The first-order chi connectivity index (χ1) is 57.8. The van der Waals surface area contributed by atoms with Crippen LogP contribution in [0.3, 0.4) is 0 Å². The summed E-state index contributed by atoms with van der Waals surface area (Å²) in [7, 11) is 0. The molecule has 5 aliphatic rings. The van der Waals surface area contributed by atoms with E-state index in [1.807, 2.05) is 17.2 Å². The van der Waals surface area contributed by atoms with E-state index in [2.05, 4.69) is 470 Å². The van der Waals surface area contributed by atoms with Crippen molar-refractivity contribution in [2.24, 2.45) is 78.8 Å². The molecule has 11 rings (SSSR count). The van der Waals surface area contributed by atoms with Crippen LogP contribution in [0.2, 0.25) is 0 Å². The van der Waals surface area contributed by atoms with Crippen molar-refractivity contribution in [2.45, 2.75) is 493 Å². The summed E-state index contributed by atoms with van der Waals surface area (Å²) in [6.45, 7) is 117. The molecule has 0 bridgehead atoms. The molecule has 0 unspecified atom stereocenters. The first-order valence-corrected chi connectivity index (χ1v) is 51.1. The molecule has 3 aromatic heterocycles. The molecule has 6 aromatic rings. The van der Waals surface area contributed by atoms with Gasteiger partial charge in [-0.05, 0) is 313 Å². The number of carbonyl (C=O) groups is 1. The number of aromatic nitrogens is 4. The molecule has 4 aliphatic carbocycles. The molecule has 3 aromatic carbocycles. The molecule has 2 atom stereocenters. The number of rotatable bonds is 0. The van der Waals surface area contributed by atoms with Crippen molar-refractivity contribution in [1.82, 2.24) is 24.5 Å². The summed E-state index contributed by atoms with van der Waals surface area (Å²) in [6, 6.07) is 30.4. The second-order valence-electron chi connectivity index (χ2n) is 57.0. The summed E-state index contributed by atoms with van der Waals surface area (Å²) in [5.74, 6) is 6.79. The molecule has 1 aliphatic heterocycles. The van der Waals surface area contributed by atoms with Crippen molar-refractivity contribution in [3.63, 3.8) is 0 Å². The minimum absolute atomic E-state index is 0.0165. The van der Waals surface area contributed by atoms with Crippen LogP contribution in [-0.4, -0.2) is 42.5 Å². The number of aryl methyl sites for hydroxylation is 3. The maximum absolute atomic E-state index is 12.6. The van der Waals surface area contributed by atoms with Gasteiger partial charge in [0.05, 0.1) is 0 Å². The second kappa shape index (κ2) is 45.4. The maximum atomic E-state index is 12.6. The zero-order valence-corrected chi connectivity index (χ0v) is 94.8. The summed E-state index contributed by atoms with van der Waals surface area (Å²) in [6.07, 6.45) is 29.6. The molecule has 6 heteroatoms. The van der Waals surface area contributed by atoms with E-state index >= 15 is 0 Å². The number of hydrogen-bond acceptors (Lipinski definition) is 4. The van der Waals surface area contributed by atoms with Gasteiger partial charge >= 0.3 is 0 Å². The predicted octanol–water partition coefficient (Wildman–Crippen LogP) is 37.1. The van der Waals surface area contributed by atoms with Crippen LogP contribution in [0.4, 0.5) is 0 Å². The van der Waals surface area contributed by atoms with Crippen LogP contribution < -0.4 is 0 Å². The molecule has 4 heterocycles. The first-order valence-electron chi connectivity index (χ1n) is 51.1. The van der Waals surface area contributed by atoms with Gasteiger partial charge in [0.1, 0.15) is 5.82 Å². The largest absolute Gasteiger partial charge is 0.333 e. The van der Waals surface area contributed by atoms with Crippen LogP contribution >= 0.6 is 0 Å². The molecule has 0 N–H and O–H groups in total. The summed E-state index contributed by atoms with van der Waals surface area (Å²) < 4.78 is 2.08. The van der Waals surface area contributed by atoms with E-state index in [4.69, 9.17) is 0 Å². The SMILES string of the molecule is CC(C)(C)C1=CC[C@@H](C(C)(C)C)CC1.CC(C)(C)C1=CC[C@H](C(C)(C)C)CC1.CC(C)(C)C1CCC(C(C)(C)C)CC1.CC(C)(C)C1CCC(C(C)(C)C)CC1.CC(C)(C)c1ccc(C(C)(C)C)cc1.CC(C)(C)c1ccc(C(C)(C)C)nc1.CC(C)(C)c1ccc2c(c1)CCN(C(C)(C)C)C2=O.CC(C)(C)c1ccn2c(C(C)(C)C)nnc2c1.Cc1ccc(C)c(C)c1. The third kappa shape index (κ3) is 39.7. The van der Waals surface area contributed by atoms with Crippen molar-refractivity contribution in [3.05, 3.63) is 188 Å². The average Bonchev–Trinajstić information content (AvgIpc) is 1.72. The van der Waals surface area contributed by atoms with Gasteiger partial charge in [0.2, 0.25) is 0 Å². The Kier molecular flexibility index (Phi) is 41.3. The van der Waals surface area contributed by atoms with E-state index in [0.717, 1.165) is 71.2 Å². The van der Waals surface area contributed by atoms with E-state index in [1.165, 1.54) is 140 Å². The Hall–Kier alpha value is -5.62. The number of hydrogen-bond donors (Lipinski definition) is 0. The fourth-order valence-corrected chi connectivity index (χ4v) is 18.4. The van der Waals surface area contributed by atoms with E-state index in [1.54, 1.807) is 11.1 Å². The Morgan fingerprint density at radius 3 is 0.915 bits per heavy atom. The lowest BCUT2D eigenvalue weighted by Crippen LogP contribution is -2.49. The number of amides is 1. The quantitative estimate of drug-likeness (QED) is 0.142. The molecule has 1 amide bonds. The summed E-state index contributed by atoms with van der Waals surface area (Å²) >= 11 is 0. The number of carbonyl (C=O) groups excluding carboxylic acids is 1. The van der Waals surface area contributed by atoms with Gasteiger partial charge < -0.3 is 4.90 Å². The van der Waals surface area contributed by atoms with Gasteiger partial charge in [-0.3, -0.25) is 14.2 Å². The fraction of sp³-hybridized carbons (Fsp3) is 0.724. The lowest BCUT2D eigenvalue weighted by molar-refractivity contribution is 0.0561. The molecule has 129 heavy (non-hydrogen) atoms. The number of fused-ring (bicyclic) bond motifs is 2. The highest BCUT2D eigenvalue weighted by molar-refractivity contribution is 5.97. The minimum Gasteiger partial charge on any atom is -0.333 e. The Morgan fingerprint density at radius 1 is 0.302 bits per heavy atom. The van der Waals surface area contributed by atoms with Crippen LogP contribution in [0.25, 0.3) is 5.65 Å². The highest BCUT2D eigenvalue weighted by Gasteiger charge is 2.38. The van der Waals surface area contributed by atoms with Crippen LogP contribution in [-0.2, 0) is 44.3 Å². The van der Waals surface area contributed by atoms with E-state index < -0.39 is 0 Å². The highest BCUT2D eigenvalue weighted by Crippen LogP contribution is 2.49. The van der Waals surface area contributed by atoms with Crippen molar-refractivity contribution in [1.29, 1.82) is 0 Å². The molecule has 2 fully saturated rings. The van der Waals surface area contributed by atoms with Crippen LogP contribution in [0.1, 0.15) is 494 Å². The first kappa shape index (κ1) is 118. The number of allylic oxidation sites excluding steroid dienone is 4. The van der Waals surface area contributed by atoms with Crippen molar-refractivity contribution in [3.8, 4) is 0 Å². The fourth-order valence-electron chi connectivity index (χ4n) is 18.4. The topological polar surface area (TPSA) is 63.4 Å². The van der Waals surface area contributed by atoms with Crippen LogP contribution in [0.15, 0.2) is 121 Å². The second-order valence-corrected chi connectivity index (χ2v) is 57.0. The van der Waals surface area contributed by atoms with Crippen LogP contribution in [0.5, 0.6) is 0 Å². The highest BCUT2D eigenvalue weighted by atomic mass is 16.2. The predicted molar refractivity (Wildman–Crippen MR) is 574 cm³/mol. The Balaban J connectivity index is 0.000000376. The minimum atomic E-state index is -0.0997. The Morgan fingerprint density at radius 2 is 0.643 bits per heavy atom. The van der Waals surface area contributed by atoms with Gasteiger partial charge in [-0.25, -0.2) is 0 Å². The normalized spacial score (nSPS) is 19.7. The number of benzene rings is 3. The van der Waals surface area contributed by atoms with Crippen LogP contribution in [0, 0.1) is 99.6 Å².